The van der Waals surface area contributed by atoms with Crippen LogP contribution in [0.25, 0.3) is 0 Å². The van der Waals surface area contributed by atoms with Gasteiger partial charge in [0.1, 0.15) is 17.6 Å². The zero-order chi connectivity index (χ0) is 21.3. The van der Waals surface area contributed by atoms with Crippen molar-refractivity contribution >= 4 is 35.0 Å². The summed E-state index contributed by atoms with van der Waals surface area (Å²) in [5, 5.41) is 16.1. The second-order valence-corrected chi connectivity index (χ2v) is 7.72. The Morgan fingerprint density at radius 3 is 2.10 bits per heavy atom. The Labute approximate surface area is 212 Å². The van der Waals surface area contributed by atoms with E-state index >= 15 is 0 Å². The number of aromatic carboxylic acids is 1. The molecule has 0 saturated heterocycles. The molecule has 0 bridgehead atoms. The van der Waals surface area contributed by atoms with E-state index in [-0.39, 0.29) is 47.2 Å². The van der Waals surface area contributed by atoms with Crippen molar-refractivity contribution in [3.05, 3.63) is 99.0 Å². The largest absolute Gasteiger partial charge is 1.00 e. The fraction of sp³-hybridized carbons (Fsp3) is 0.130. The van der Waals surface area contributed by atoms with Crippen LogP contribution in [0.2, 0.25) is 10.0 Å². The first kappa shape index (κ1) is 23.6. The summed E-state index contributed by atoms with van der Waals surface area (Å²) >= 11 is 12.1. The molecule has 8 heteroatoms. The summed E-state index contributed by atoms with van der Waals surface area (Å²) in [4.78, 5) is 16.2. The summed E-state index contributed by atoms with van der Waals surface area (Å²) in [6.45, 7) is 0. The number of halogens is 2. The van der Waals surface area contributed by atoms with Gasteiger partial charge < -0.3 is 20.0 Å². The predicted octanol–water partition coefficient (Wildman–Crippen LogP) is 1.20. The van der Waals surface area contributed by atoms with Crippen LogP contribution in [-0.2, 0) is 0 Å². The summed E-state index contributed by atoms with van der Waals surface area (Å²) in [6.07, 6.45) is 0. The molecule has 0 radical (unpaired) electrons. The van der Waals surface area contributed by atoms with Gasteiger partial charge in [0.25, 0.3) is 0 Å². The average molecular weight is 463 g/mol. The van der Waals surface area contributed by atoms with Gasteiger partial charge in [0.2, 0.25) is 0 Å². The van der Waals surface area contributed by atoms with Crippen LogP contribution >= 0.6 is 23.2 Å². The van der Waals surface area contributed by atoms with E-state index in [0.717, 1.165) is 11.1 Å². The molecular formula is C23H17Cl2N2NaO3. The molecule has 152 valence electrons. The van der Waals surface area contributed by atoms with E-state index in [1.165, 1.54) is 19.2 Å². The average Bonchev–Trinajstić information content (AvgIpc) is 3.19. The summed E-state index contributed by atoms with van der Waals surface area (Å²) in [7, 11) is 1.53. The number of carbonyl (C=O) groups is 1. The van der Waals surface area contributed by atoms with Crippen molar-refractivity contribution in [2.75, 3.05) is 7.11 Å². The first-order valence-electron chi connectivity index (χ1n) is 9.21. The van der Waals surface area contributed by atoms with Gasteiger partial charge in [-0.25, -0.2) is 0 Å². The first-order valence-corrected chi connectivity index (χ1v) is 9.97. The van der Waals surface area contributed by atoms with E-state index in [1.54, 1.807) is 6.07 Å². The number of methoxy groups -OCH3 is 1. The topological polar surface area (TPSA) is 73.8 Å². The number of ether oxygens (including phenoxy) is 1. The molecule has 2 unspecified atom stereocenters. The van der Waals surface area contributed by atoms with E-state index in [9.17, 15) is 9.90 Å². The minimum absolute atomic E-state index is 0. The molecular weight excluding hydrogens is 446 g/mol. The van der Waals surface area contributed by atoms with Gasteiger partial charge in [0, 0.05) is 10.0 Å². The molecule has 5 nitrogen and oxygen atoms in total. The van der Waals surface area contributed by atoms with Crippen molar-refractivity contribution in [2.24, 2.45) is 4.99 Å². The first-order chi connectivity index (χ1) is 14.5. The molecule has 0 fully saturated rings. The van der Waals surface area contributed by atoms with Gasteiger partial charge in [0.05, 0.1) is 24.7 Å². The van der Waals surface area contributed by atoms with E-state index in [0.29, 0.717) is 27.2 Å². The third-order valence-electron chi connectivity index (χ3n) is 5.01. The molecule has 1 N–H and O–H groups in total. The number of nitrogens with zero attached hydrogens (tertiary/aromatic N) is 1. The van der Waals surface area contributed by atoms with Gasteiger partial charge >= 0.3 is 29.6 Å². The quantitative estimate of drug-likeness (QED) is 0.578. The molecule has 0 spiro atoms. The van der Waals surface area contributed by atoms with Crippen LogP contribution in [0, 0.1) is 0 Å². The number of rotatable bonds is 5. The predicted molar refractivity (Wildman–Crippen MR) is 115 cm³/mol. The number of nitrogens with one attached hydrogen (secondary N) is 1. The van der Waals surface area contributed by atoms with Crippen LogP contribution in [0.3, 0.4) is 0 Å². The van der Waals surface area contributed by atoms with Crippen LogP contribution in [-0.4, -0.2) is 18.9 Å². The zero-order valence-electron chi connectivity index (χ0n) is 16.9. The van der Waals surface area contributed by atoms with Crippen molar-refractivity contribution in [1.82, 2.24) is 5.32 Å². The van der Waals surface area contributed by atoms with Crippen molar-refractivity contribution in [3.63, 3.8) is 0 Å². The fourth-order valence-electron chi connectivity index (χ4n) is 3.51. The van der Waals surface area contributed by atoms with Crippen molar-refractivity contribution < 1.29 is 44.2 Å². The summed E-state index contributed by atoms with van der Waals surface area (Å²) in [5.74, 6) is -0.214. The van der Waals surface area contributed by atoms with Crippen molar-refractivity contribution in [1.29, 1.82) is 0 Å². The third-order valence-corrected chi connectivity index (χ3v) is 5.51. The Hall–Kier alpha value is -2.02. The summed E-state index contributed by atoms with van der Waals surface area (Å²) in [5.41, 5.74) is 2.56. The molecule has 0 aromatic heterocycles. The molecule has 0 aliphatic carbocycles. The van der Waals surface area contributed by atoms with Gasteiger partial charge in [-0.15, -0.1) is 0 Å². The number of hydrogen-bond donors (Lipinski definition) is 1. The molecule has 3 aromatic carbocycles. The molecule has 1 aliphatic rings. The van der Waals surface area contributed by atoms with E-state index in [1.807, 2.05) is 48.5 Å². The van der Waals surface area contributed by atoms with Gasteiger partial charge in [-0.3, -0.25) is 4.99 Å². The number of hydrogen-bond acceptors (Lipinski definition) is 5. The SMILES string of the molecule is COc1ccc(C(=O)[O-])cc1C1=NC(c2ccc(Cl)cc2)C(c2ccc(Cl)cc2)N1.[Na+]. The molecule has 0 amide bonds. The molecule has 2 atom stereocenters. The minimum Gasteiger partial charge on any atom is -0.545 e. The van der Waals surface area contributed by atoms with Crippen LogP contribution in [0.5, 0.6) is 5.75 Å². The maximum Gasteiger partial charge on any atom is 1.00 e. The number of aliphatic imine (C=N–C) groups is 1. The Morgan fingerprint density at radius 2 is 1.55 bits per heavy atom. The Bertz CT molecular complexity index is 1120. The number of carboxylic acid groups (broad SMARTS) is 1. The second kappa shape index (κ2) is 10.1. The van der Waals surface area contributed by atoms with Crippen molar-refractivity contribution in [3.8, 4) is 5.75 Å². The second-order valence-electron chi connectivity index (χ2n) is 6.85. The normalized spacial score (nSPS) is 17.3. The fourth-order valence-corrected chi connectivity index (χ4v) is 3.76. The van der Waals surface area contributed by atoms with Crippen LogP contribution in [0.15, 0.2) is 71.7 Å². The number of carbonyl (C=O) groups excluding carboxylic acids is 1. The number of benzene rings is 3. The van der Waals surface area contributed by atoms with Crippen LogP contribution in [0.4, 0.5) is 0 Å². The minimum atomic E-state index is -1.26. The molecule has 0 saturated carbocycles. The van der Waals surface area contributed by atoms with E-state index in [2.05, 4.69) is 5.32 Å². The molecule has 3 aromatic rings. The van der Waals surface area contributed by atoms with Gasteiger partial charge in [-0.1, -0.05) is 47.5 Å². The molecule has 1 heterocycles. The smallest absolute Gasteiger partial charge is 0.545 e. The Kier molecular flexibility index (Phi) is 7.68. The van der Waals surface area contributed by atoms with Gasteiger partial charge in [-0.05, 0) is 59.2 Å². The monoisotopic (exact) mass is 462 g/mol. The Morgan fingerprint density at radius 1 is 0.968 bits per heavy atom. The number of amidine groups is 1. The standard InChI is InChI=1S/C23H18Cl2N2O3.Na/c1-30-19-11-6-15(23(28)29)12-18(19)22-26-20(13-2-7-16(24)8-3-13)21(27-22)14-4-9-17(25)10-5-14;/h2-12,20-21H,1H3,(H,26,27)(H,28,29);/q;+1/p-1. The van der Waals surface area contributed by atoms with Crippen LogP contribution in [0.1, 0.15) is 39.1 Å². The third kappa shape index (κ3) is 5.08. The molecule has 31 heavy (non-hydrogen) atoms. The van der Waals surface area contributed by atoms with Gasteiger partial charge in [-0.2, -0.15) is 0 Å². The zero-order valence-corrected chi connectivity index (χ0v) is 20.4. The number of carboxylic acids is 1. The van der Waals surface area contributed by atoms with E-state index < -0.39 is 5.97 Å². The van der Waals surface area contributed by atoms with Crippen LogP contribution < -0.4 is 44.7 Å². The summed E-state index contributed by atoms with van der Waals surface area (Å²) in [6, 6.07) is 19.1. The molecule has 4 rings (SSSR count). The van der Waals surface area contributed by atoms with Crippen molar-refractivity contribution in [2.45, 2.75) is 12.1 Å². The maximum atomic E-state index is 11.4. The van der Waals surface area contributed by atoms with Gasteiger partial charge in [0.15, 0.2) is 0 Å². The molecule has 1 aliphatic heterocycles. The maximum absolute atomic E-state index is 11.4. The summed E-state index contributed by atoms with van der Waals surface area (Å²) < 4.78 is 5.44. The van der Waals surface area contributed by atoms with E-state index in [4.69, 9.17) is 32.9 Å². The Balaban J connectivity index is 0.00000272.